The molecule has 0 radical (unpaired) electrons. The van der Waals surface area contributed by atoms with E-state index >= 15 is 0 Å². The minimum Gasteiger partial charge on any atom is -0.465 e. The van der Waals surface area contributed by atoms with Gasteiger partial charge in [-0.3, -0.25) is 13.9 Å². The number of hydrogen-bond donors (Lipinski definition) is 4. The smallest absolute Gasteiger partial charge is 0.352 e. The van der Waals surface area contributed by atoms with Gasteiger partial charge in [0.1, 0.15) is 0 Å². The van der Waals surface area contributed by atoms with Crippen LogP contribution in [0, 0.1) is 0 Å². The van der Waals surface area contributed by atoms with Gasteiger partial charge in [0.25, 0.3) is 5.40 Å². The van der Waals surface area contributed by atoms with Gasteiger partial charge in [0.2, 0.25) is 0 Å². The molecular formula is C4H10O8P2. The fraction of sp³-hybridized carbons (Fsp3) is 0.750. The Hall–Kier alpha value is -0.230. The van der Waals surface area contributed by atoms with Crippen molar-refractivity contribution in [3.8, 4) is 0 Å². The molecule has 0 aliphatic carbocycles. The molecule has 0 aliphatic heterocycles. The lowest BCUT2D eigenvalue weighted by molar-refractivity contribution is -0.141. The highest BCUT2D eigenvalue weighted by atomic mass is 31.2. The Morgan fingerprint density at radius 1 is 1.21 bits per heavy atom. The van der Waals surface area contributed by atoms with Crippen LogP contribution in [-0.2, 0) is 18.7 Å². The Bertz CT molecular complexity index is 276. The summed E-state index contributed by atoms with van der Waals surface area (Å²) in [5.41, 5.74) is 0. The second-order valence-corrected chi connectivity index (χ2v) is 6.10. The van der Waals surface area contributed by atoms with E-state index in [1.807, 2.05) is 0 Å². The molecule has 0 aromatic carbocycles. The average molecular weight is 248 g/mol. The van der Waals surface area contributed by atoms with Gasteiger partial charge in [-0.15, -0.1) is 0 Å². The van der Waals surface area contributed by atoms with Crippen molar-refractivity contribution in [1.29, 1.82) is 0 Å². The van der Waals surface area contributed by atoms with Crippen molar-refractivity contribution in [2.75, 3.05) is 6.61 Å². The number of carbonyl (C=O) groups excluding carboxylic acids is 1. The summed E-state index contributed by atoms with van der Waals surface area (Å²) in [5, 5.41) is -2.73. The zero-order chi connectivity index (χ0) is 11.6. The minimum absolute atomic E-state index is 0.227. The molecule has 0 rings (SSSR count). The molecule has 10 heteroatoms. The molecule has 0 heterocycles. The number of ether oxygens (including phenoxy) is 1. The predicted octanol–water partition coefficient (Wildman–Crippen LogP) is -0.769. The first kappa shape index (κ1) is 13.8. The Kier molecular flexibility index (Phi) is 4.45. The van der Waals surface area contributed by atoms with E-state index < -0.39 is 26.6 Å². The number of hydrogen-bond acceptors (Lipinski definition) is 4. The van der Waals surface area contributed by atoms with Crippen LogP contribution >= 0.6 is 15.2 Å². The van der Waals surface area contributed by atoms with Crippen molar-refractivity contribution in [2.24, 2.45) is 0 Å². The Labute approximate surface area is 79.2 Å². The molecule has 0 spiro atoms. The monoisotopic (exact) mass is 248 g/mol. The maximum absolute atomic E-state index is 10.8. The van der Waals surface area contributed by atoms with Crippen molar-refractivity contribution in [3.05, 3.63) is 0 Å². The zero-order valence-electron chi connectivity index (χ0n) is 7.10. The van der Waals surface area contributed by atoms with Crippen LogP contribution in [0.1, 0.15) is 6.92 Å². The summed E-state index contributed by atoms with van der Waals surface area (Å²) in [5.74, 6) is -1.60. The lowest BCUT2D eigenvalue weighted by Gasteiger charge is -2.17. The van der Waals surface area contributed by atoms with Crippen LogP contribution in [0.3, 0.4) is 0 Å². The fourth-order valence-electron chi connectivity index (χ4n) is 0.687. The molecule has 0 saturated heterocycles. The topological polar surface area (TPSA) is 141 Å². The molecule has 0 bridgehead atoms. The Morgan fingerprint density at radius 2 is 1.57 bits per heavy atom. The second kappa shape index (κ2) is 4.53. The van der Waals surface area contributed by atoms with Gasteiger partial charge in [-0.2, -0.15) is 0 Å². The molecule has 0 aromatic heterocycles. The molecule has 8 nitrogen and oxygen atoms in total. The molecular weight excluding hydrogens is 238 g/mol. The SMILES string of the molecule is CCOC(=O)C(P(=O)(O)O)P(=O)(O)O. The molecule has 14 heavy (non-hydrogen) atoms. The summed E-state index contributed by atoms with van der Waals surface area (Å²) in [4.78, 5) is 44.9. The highest BCUT2D eigenvalue weighted by Gasteiger charge is 2.50. The van der Waals surface area contributed by atoms with Crippen molar-refractivity contribution in [1.82, 2.24) is 0 Å². The quantitative estimate of drug-likeness (QED) is 0.375. The van der Waals surface area contributed by atoms with Gasteiger partial charge in [-0.05, 0) is 6.92 Å². The van der Waals surface area contributed by atoms with Gasteiger partial charge in [-0.25, -0.2) is 0 Å². The molecule has 0 aromatic rings. The summed E-state index contributed by atoms with van der Waals surface area (Å²) in [6.07, 6.45) is 0. The maximum atomic E-state index is 10.8. The Morgan fingerprint density at radius 3 is 1.79 bits per heavy atom. The molecule has 0 atom stereocenters. The summed E-state index contributed by atoms with van der Waals surface area (Å²) >= 11 is 0. The zero-order valence-corrected chi connectivity index (χ0v) is 8.89. The minimum atomic E-state index is -5.22. The first-order valence-corrected chi connectivity index (χ1v) is 6.74. The first-order valence-electron chi connectivity index (χ1n) is 3.37. The van der Waals surface area contributed by atoms with Crippen molar-refractivity contribution in [2.45, 2.75) is 12.3 Å². The lowest BCUT2D eigenvalue weighted by Crippen LogP contribution is -2.23. The summed E-state index contributed by atoms with van der Waals surface area (Å²) < 4.78 is 25.3. The highest BCUT2D eigenvalue weighted by molar-refractivity contribution is 7.72. The fourth-order valence-corrected chi connectivity index (χ4v) is 2.95. The van der Waals surface area contributed by atoms with E-state index in [9.17, 15) is 13.9 Å². The molecule has 0 amide bonds. The molecule has 0 fully saturated rings. The van der Waals surface area contributed by atoms with Crippen LogP contribution in [0.15, 0.2) is 0 Å². The van der Waals surface area contributed by atoms with E-state index in [1.165, 1.54) is 6.92 Å². The van der Waals surface area contributed by atoms with E-state index in [2.05, 4.69) is 4.74 Å². The van der Waals surface area contributed by atoms with Crippen LogP contribution < -0.4 is 0 Å². The maximum Gasteiger partial charge on any atom is 0.352 e. The summed E-state index contributed by atoms with van der Waals surface area (Å²) in [6.45, 7) is 1.11. The van der Waals surface area contributed by atoms with E-state index in [0.717, 1.165) is 0 Å². The summed E-state index contributed by atoms with van der Waals surface area (Å²) in [6, 6.07) is 0. The molecule has 0 unspecified atom stereocenters. The van der Waals surface area contributed by atoms with Crippen LogP contribution in [0.4, 0.5) is 0 Å². The Balaban J connectivity index is 5.05. The normalized spacial score (nSPS) is 13.0. The molecule has 4 N–H and O–H groups in total. The predicted molar refractivity (Wildman–Crippen MR) is 44.5 cm³/mol. The van der Waals surface area contributed by atoms with Gasteiger partial charge in [0, 0.05) is 0 Å². The van der Waals surface area contributed by atoms with Crippen LogP contribution in [-0.4, -0.2) is 37.5 Å². The molecule has 0 aliphatic rings. The lowest BCUT2D eigenvalue weighted by atomic mass is 10.7. The third-order valence-electron chi connectivity index (χ3n) is 1.13. The highest BCUT2D eigenvalue weighted by Crippen LogP contribution is 2.60. The standard InChI is InChI=1S/C4H10O8P2/c1-2-12-3(5)4(13(6,7)8)14(9,10)11/h4H,2H2,1H3,(H2,6,7,8)(H2,9,10,11). The van der Waals surface area contributed by atoms with Gasteiger partial charge in [0.05, 0.1) is 6.61 Å². The van der Waals surface area contributed by atoms with Crippen molar-refractivity contribution < 1.29 is 38.2 Å². The number of carbonyl (C=O) groups is 1. The number of esters is 1. The van der Waals surface area contributed by atoms with Gasteiger partial charge >= 0.3 is 21.2 Å². The van der Waals surface area contributed by atoms with Gasteiger partial charge in [-0.1, -0.05) is 0 Å². The molecule has 0 saturated carbocycles. The third kappa shape index (κ3) is 3.88. The average Bonchev–Trinajstić information content (AvgIpc) is 1.78. The van der Waals surface area contributed by atoms with Crippen LogP contribution in [0.2, 0.25) is 0 Å². The third-order valence-corrected chi connectivity index (χ3v) is 4.64. The van der Waals surface area contributed by atoms with Crippen molar-refractivity contribution >= 4 is 21.2 Å². The second-order valence-electron chi connectivity index (χ2n) is 2.30. The van der Waals surface area contributed by atoms with Gasteiger partial charge in [0.15, 0.2) is 0 Å². The first-order chi connectivity index (χ1) is 6.10. The van der Waals surface area contributed by atoms with E-state index in [1.54, 1.807) is 0 Å². The van der Waals surface area contributed by atoms with E-state index in [0.29, 0.717) is 0 Å². The van der Waals surface area contributed by atoms with E-state index in [-0.39, 0.29) is 6.61 Å². The van der Waals surface area contributed by atoms with Crippen molar-refractivity contribution in [3.63, 3.8) is 0 Å². The number of rotatable bonds is 4. The van der Waals surface area contributed by atoms with Crippen LogP contribution in [0.25, 0.3) is 0 Å². The van der Waals surface area contributed by atoms with Crippen LogP contribution in [0.5, 0.6) is 0 Å². The van der Waals surface area contributed by atoms with E-state index in [4.69, 9.17) is 19.6 Å². The largest absolute Gasteiger partial charge is 0.465 e. The summed E-state index contributed by atoms with van der Waals surface area (Å²) in [7, 11) is -10.4. The van der Waals surface area contributed by atoms with Gasteiger partial charge < -0.3 is 24.3 Å². The molecule has 84 valence electrons.